The maximum atomic E-state index is 10.6. The highest BCUT2D eigenvalue weighted by molar-refractivity contribution is 5.96. The SMILES string of the molecule is CCOC(=O)CC(=N)CC.Cl. The van der Waals surface area contributed by atoms with Gasteiger partial charge in [0.15, 0.2) is 0 Å². The second-order valence-corrected chi connectivity index (χ2v) is 1.94. The van der Waals surface area contributed by atoms with Crippen LogP contribution in [0.3, 0.4) is 0 Å². The molecule has 1 N–H and O–H groups in total. The highest BCUT2D eigenvalue weighted by Crippen LogP contribution is 1.91. The average Bonchev–Trinajstić information content (AvgIpc) is 1.88. The van der Waals surface area contributed by atoms with Crippen molar-refractivity contribution in [2.24, 2.45) is 0 Å². The molecular weight excluding hydrogens is 166 g/mol. The van der Waals surface area contributed by atoms with Crippen LogP contribution in [0.15, 0.2) is 0 Å². The van der Waals surface area contributed by atoms with Crippen molar-refractivity contribution in [1.29, 1.82) is 5.41 Å². The van der Waals surface area contributed by atoms with E-state index in [0.29, 0.717) is 18.7 Å². The Labute approximate surface area is 73.0 Å². The molecule has 0 aromatic rings. The molecule has 11 heavy (non-hydrogen) atoms. The summed E-state index contributed by atoms with van der Waals surface area (Å²) >= 11 is 0. The maximum Gasteiger partial charge on any atom is 0.311 e. The minimum Gasteiger partial charge on any atom is -0.466 e. The molecule has 0 rings (SSSR count). The lowest BCUT2D eigenvalue weighted by atomic mass is 10.2. The Kier molecular flexibility index (Phi) is 8.94. The second-order valence-electron chi connectivity index (χ2n) is 1.94. The molecule has 4 heteroatoms. The van der Waals surface area contributed by atoms with Crippen molar-refractivity contribution in [3.05, 3.63) is 0 Å². The molecule has 66 valence electrons. The summed E-state index contributed by atoms with van der Waals surface area (Å²) in [5, 5.41) is 7.15. The summed E-state index contributed by atoms with van der Waals surface area (Å²) in [7, 11) is 0. The lowest BCUT2D eigenvalue weighted by molar-refractivity contribution is -0.141. The van der Waals surface area contributed by atoms with Crippen LogP contribution in [-0.2, 0) is 9.53 Å². The normalized spacial score (nSPS) is 8.18. The Bertz CT molecular complexity index is 136. The summed E-state index contributed by atoms with van der Waals surface area (Å²) in [5.41, 5.74) is 0.429. The van der Waals surface area contributed by atoms with E-state index in [1.165, 1.54) is 0 Å². The van der Waals surface area contributed by atoms with Gasteiger partial charge in [0.1, 0.15) is 0 Å². The van der Waals surface area contributed by atoms with Gasteiger partial charge in [0.2, 0.25) is 0 Å². The molecule has 0 radical (unpaired) electrons. The summed E-state index contributed by atoms with van der Waals surface area (Å²) in [4.78, 5) is 10.6. The first-order valence-electron chi connectivity index (χ1n) is 3.42. The Morgan fingerprint density at radius 2 is 2.00 bits per heavy atom. The van der Waals surface area contributed by atoms with Gasteiger partial charge in [-0.2, -0.15) is 0 Å². The highest BCUT2D eigenvalue weighted by Gasteiger charge is 2.03. The van der Waals surface area contributed by atoms with E-state index in [0.717, 1.165) is 0 Å². The lowest BCUT2D eigenvalue weighted by Gasteiger charge is -1.99. The fraction of sp³-hybridized carbons (Fsp3) is 0.714. The van der Waals surface area contributed by atoms with Gasteiger partial charge in [0.25, 0.3) is 0 Å². The third kappa shape index (κ3) is 7.33. The van der Waals surface area contributed by atoms with Gasteiger partial charge in [-0.15, -0.1) is 12.4 Å². The van der Waals surface area contributed by atoms with Crippen LogP contribution in [0.25, 0.3) is 0 Å². The number of nitrogens with one attached hydrogen (secondary N) is 1. The zero-order valence-corrected chi connectivity index (χ0v) is 7.66. The van der Waals surface area contributed by atoms with E-state index in [1.54, 1.807) is 6.92 Å². The van der Waals surface area contributed by atoms with Crippen molar-refractivity contribution in [3.8, 4) is 0 Å². The minimum atomic E-state index is -0.297. The van der Waals surface area contributed by atoms with Crippen molar-refractivity contribution in [1.82, 2.24) is 0 Å². The Hall–Kier alpha value is -0.570. The van der Waals surface area contributed by atoms with Gasteiger partial charge in [-0.05, 0) is 13.3 Å². The first kappa shape index (κ1) is 13.1. The molecule has 0 aliphatic rings. The first-order valence-corrected chi connectivity index (χ1v) is 3.42. The molecule has 0 aromatic carbocycles. The fourth-order valence-corrected chi connectivity index (χ4v) is 0.511. The molecule has 0 heterocycles. The van der Waals surface area contributed by atoms with Crippen molar-refractivity contribution in [2.75, 3.05) is 6.61 Å². The molecule has 0 aliphatic carbocycles. The van der Waals surface area contributed by atoms with Crippen LogP contribution in [0.1, 0.15) is 26.7 Å². The molecule has 0 saturated heterocycles. The standard InChI is InChI=1S/C7H13NO2.ClH/c1-3-6(8)5-7(9)10-4-2;/h8H,3-5H2,1-2H3;1H. The summed E-state index contributed by atoms with van der Waals surface area (Å²) in [6, 6.07) is 0. The number of hydrogen-bond donors (Lipinski definition) is 1. The van der Waals surface area contributed by atoms with E-state index in [4.69, 9.17) is 5.41 Å². The molecule has 0 bridgehead atoms. The zero-order valence-electron chi connectivity index (χ0n) is 6.85. The van der Waals surface area contributed by atoms with Gasteiger partial charge in [0, 0.05) is 5.71 Å². The third-order valence-corrected chi connectivity index (χ3v) is 1.09. The largest absolute Gasteiger partial charge is 0.466 e. The topological polar surface area (TPSA) is 50.2 Å². The Morgan fingerprint density at radius 3 is 2.36 bits per heavy atom. The van der Waals surface area contributed by atoms with Crippen LogP contribution >= 0.6 is 12.4 Å². The average molecular weight is 180 g/mol. The third-order valence-electron chi connectivity index (χ3n) is 1.09. The Balaban J connectivity index is 0. The van der Waals surface area contributed by atoms with Gasteiger partial charge in [-0.3, -0.25) is 4.79 Å². The predicted molar refractivity (Wildman–Crippen MR) is 46.5 cm³/mol. The summed E-state index contributed by atoms with van der Waals surface area (Å²) in [6.07, 6.45) is 0.767. The van der Waals surface area contributed by atoms with Crippen LogP contribution in [0.2, 0.25) is 0 Å². The number of carbonyl (C=O) groups is 1. The Morgan fingerprint density at radius 1 is 1.45 bits per heavy atom. The van der Waals surface area contributed by atoms with Gasteiger partial charge in [-0.25, -0.2) is 0 Å². The van der Waals surface area contributed by atoms with E-state index in [-0.39, 0.29) is 24.8 Å². The molecule has 0 atom stereocenters. The van der Waals surface area contributed by atoms with Crippen LogP contribution in [0, 0.1) is 5.41 Å². The van der Waals surface area contributed by atoms with Crippen LogP contribution in [-0.4, -0.2) is 18.3 Å². The number of esters is 1. The van der Waals surface area contributed by atoms with E-state index in [9.17, 15) is 4.79 Å². The monoisotopic (exact) mass is 179 g/mol. The first-order chi connectivity index (χ1) is 4.70. The number of halogens is 1. The number of carbonyl (C=O) groups excluding carboxylic acids is 1. The number of ether oxygens (including phenoxy) is 1. The van der Waals surface area contributed by atoms with E-state index >= 15 is 0 Å². The van der Waals surface area contributed by atoms with Crippen molar-refractivity contribution in [3.63, 3.8) is 0 Å². The molecule has 0 spiro atoms. The highest BCUT2D eigenvalue weighted by atomic mass is 35.5. The number of rotatable bonds is 4. The molecule has 0 amide bonds. The van der Waals surface area contributed by atoms with Crippen LogP contribution < -0.4 is 0 Å². The molecule has 0 saturated carbocycles. The van der Waals surface area contributed by atoms with Crippen molar-refractivity contribution in [2.45, 2.75) is 26.7 Å². The fourth-order valence-electron chi connectivity index (χ4n) is 0.511. The van der Waals surface area contributed by atoms with Gasteiger partial charge in [0.05, 0.1) is 13.0 Å². The smallest absolute Gasteiger partial charge is 0.311 e. The summed E-state index contributed by atoms with van der Waals surface area (Å²) in [6.45, 7) is 4.00. The summed E-state index contributed by atoms with van der Waals surface area (Å²) in [5.74, 6) is -0.297. The van der Waals surface area contributed by atoms with E-state index in [2.05, 4.69) is 4.74 Å². The molecule has 3 nitrogen and oxygen atoms in total. The maximum absolute atomic E-state index is 10.6. The molecular formula is C7H14ClNO2. The van der Waals surface area contributed by atoms with Crippen molar-refractivity contribution < 1.29 is 9.53 Å². The van der Waals surface area contributed by atoms with Gasteiger partial charge >= 0.3 is 5.97 Å². The van der Waals surface area contributed by atoms with Gasteiger partial charge < -0.3 is 10.1 Å². The lowest BCUT2D eigenvalue weighted by Crippen LogP contribution is -2.09. The van der Waals surface area contributed by atoms with Gasteiger partial charge in [-0.1, -0.05) is 6.92 Å². The van der Waals surface area contributed by atoms with E-state index in [1.807, 2.05) is 6.92 Å². The quantitative estimate of drug-likeness (QED) is 0.529. The molecule has 0 fully saturated rings. The van der Waals surface area contributed by atoms with Crippen molar-refractivity contribution >= 4 is 24.1 Å². The number of hydrogen-bond acceptors (Lipinski definition) is 3. The molecule has 0 unspecified atom stereocenters. The zero-order chi connectivity index (χ0) is 7.98. The van der Waals surface area contributed by atoms with Crippen LogP contribution in [0.5, 0.6) is 0 Å². The second kappa shape index (κ2) is 7.54. The molecule has 0 aromatic heterocycles. The van der Waals surface area contributed by atoms with Crippen LogP contribution in [0.4, 0.5) is 0 Å². The summed E-state index contributed by atoms with van der Waals surface area (Å²) < 4.78 is 4.63. The minimum absolute atomic E-state index is 0. The predicted octanol–water partition coefficient (Wildman–Crippen LogP) is 1.79. The van der Waals surface area contributed by atoms with E-state index < -0.39 is 0 Å². The molecule has 0 aliphatic heterocycles.